The normalized spacial score (nSPS) is 11.9. The van der Waals surface area contributed by atoms with Crippen LogP contribution in [0.5, 0.6) is 0 Å². The van der Waals surface area contributed by atoms with E-state index < -0.39 is 28.8 Å². The molecule has 1 amide bonds. The lowest BCUT2D eigenvalue weighted by molar-refractivity contribution is 0.172. The topological polar surface area (TPSA) is 91.8 Å². The Bertz CT molecular complexity index is 841. The lowest BCUT2D eigenvalue weighted by atomic mass is 10.3. The van der Waals surface area contributed by atoms with Crippen LogP contribution in [-0.4, -0.2) is 36.0 Å². The Hall–Kier alpha value is -2.11. The highest BCUT2D eigenvalue weighted by molar-refractivity contribution is 8.01. The Kier molecular flexibility index (Phi) is 6.62. The molecule has 0 unspecified atom stereocenters. The van der Waals surface area contributed by atoms with Crippen LogP contribution in [0.1, 0.15) is 19.8 Å². The van der Waals surface area contributed by atoms with Crippen LogP contribution >= 0.6 is 7.14 Å². The molecule has 1 N–H and O–H groups in total. The van der Waals surface area contributed by atoms with E-state index in [9.17, 15) is 22.9 Å². The zero-order valence-electron chi connectivity index (χ0n) is 14.5. The summed E-state index contributed by atoms with van der Waals surface area (Å²) in [5, 5.41) is 10.1. The van der Waals surface area contributed by atoms with Crippen molar-refractivity contribution in [2.75, 3.05) is 12.0 Å². The zero-order valence-corrected chi connectivity index (χ0v) is 16.2. The van der Waals surface area contributed by atoms with E-state index in [0.29, 0.717) is 27.8 Å². The van der Waals surface area contributed by atoms with E-state index in [1.54, 1.807) is 60.7 Å². The third-order valence-corrected chi connectivity index (χ3v) is 9.99. The van der Waals surface area contributed by atoms with Gasteiger partial charge in [-0.1, -0.05) is 74.0 Å². The molecule has 0 saturated carbocycles. The van der Waals surface area contributed by atoms with Crippen molar-refractivity contribution in [1.82, 2.24) is 4.31 Å². The van der Waals surface area contributed by atoms with Crippen LogP contribution < -0.4 is 10.6 Å². The Labute approximate surface area is 153 Å². The van der Waals surface area contributed by atoms with Crippen LogP contribution in [-0.2, 0) is 14.6 Å². The molecule has 0 fully saturated rings. The van der Waals surface area contributed by atoms with E-state index in [1.165, 1.54) is 0 Å². The number of sulfonamides is 1. The summed E-state index contributed by atoms with van der Waals surface area (Å²) in [6.07, 6.45) is -0.494. The van der Waals surface area contributed by atoms with Gasteiger partial charge in [-0.2, -0.15) is 0 Å². The van der Waals surface area contributed by atoms with E-state index in [4.69, 9.17) is 0 Å². The molecule has 0 saturated heterocycles. The first-order valence-corrected chi connectivity index (χ1v) is 11.7. The SMILES string of the molecule is CCCCN(C(=O)O)S(=O)(=O)CP(=O)(c1ccccc1)c1ccccc1. The average molecular weight is 395 g/mol. The molecule has 0 aliphatic heterocycles. The van der Waals surface area contributed by atoms with Gasteiger partial charge in [0.05, 0.1) is 0 Å². The van der Waals surface area contributed by atoms with Gasteiger partial charge >= 0.3 is 6.09 Å². The maximum Gasteiger partial charge on any atom is 0.421 e. The summed E-state index contributed by atoms with van der Waals surface area (Å²) in [6, 6.07) is 16.7. The maximum atomic E-state index is 13.8. The van der Waals surface area contributed by atoms with Gasteiger partial charge in [0.2, 0.25) is 10.0 Å². The molecule has 2 aromatic carbocycles. The molecule has 0 atom stereocenters. The van der Waals surface area contributed by atoms with E-state index >= 15 is 0 Å². The summed E-state index contributed by atoms with van der Waals surface area (Å²) in [5.41, 5.74) is -0.760. The van der Waals surface area contributed by atoms with Gasteiger partial charge in [-0.3, -0.25) is 0 Å². The lowest BCUT2D eigenvalue weighted by Crippen LogP contribution is -2.39. The third kappa shape index (κ3) is 4.54. The van der Waals surface area contributed by atoms with Gasteiger partial charge in [-0.15, -0.1) is 0 Å². The van der Waals surface area contributed by atoms with E-state index in [1.807, 2.05) is 6.92 Å². The molecule has 8 heteroatoms. The molecule has 0 aliphatic rings. The fourth-order valence-electron chi connectivity index (χ4n) is 2.59. The van der Waals surface area contributed by atoms with Crippen molar-refractivity contribution in [3.8, 4) is 0 Å². The van der Waals surface area contributed by atoms with Crippen molar-refractivity contribution in [3.05, 3.63) is 60.7 Å². The molecule has 0 heterocycles. The van der Waals surface area contributed by atoms with Gasteiger partial charge < -0.3 is 9.67 Å². The largest absolute Gasteiger partial charge is 0.464 e. The molecule has 6 nitrogen and oxygen atoms in total. The minimum Gasteiger partial charge on any atom is -0.464 e. The number of carboxylic acid groups (broad SMARTS) is 1. The summed E-state index contributed by atoms with van der Waals surface area (Å²) in [6.45, 7) is 1.70. The number of benzene rings is 2. The second kappa shape index (κ2) is 8.52. The summed E-state index contributed by atoms with van der Waals surface area (Å²) < 4.78 is 39.9. The Morgan fingerprint density at radius 2 is 1.46 bits per heavy atom. The van der Waals surface area contributed by atoms with Crippen molar-refractivity contribution >= 4 is 33.9 Å². The van der Waals surface area contributed by atoms with Crippen molar-refractivity contribution in [2.45, 2.75) is 19.8 Å². The first-order chi connectivity index (χ1) is 12.3. The van der Waals surface area contributed by atoms with Crippen LogP contribution in [0.2, 0.25) is 0 Å². The van der Waals surface area contributed by atoms with Crippen molar-refractivity contribution in [1.29, 1.82) is 0 Å². The number of rotatable bonds is 8. The number of unbranched alkanes of at least 4 members (excludes halogenated alkanes) is 1. The summed E-state index contributed by atoms with van der Waals surface area (Å²) in [7, 11) is -7.84. The summed E-state index contributed by atoms with van der Waals surface area (Å²) >= 11 is 0. The monoisotopic (exact) mass is 395 g/mol. The van der Waals surface area contributed by atoms with Gasteiger partial charge in [-0.25, -0.2) is 17.5 Å². The highest BCUT2D eigenvalue weighted by Gasteiger charge is 2.38. The Balaban J connectivity index is 2.51. The smallest absolute Gasteiger partial charge is 0.421 e. The molecule has 140 valence electrons. The van der Waals surface area contributed by atoms with Crippen LogP contribution in [0.3, 0.4) is 0 Å². The third-order valence-electron chi connectivity index (χ3n) is 3.96. The van der Waals surface area contributed by atoms with E-state index in [2.05, 4.69) is 0 Å². The molecule has 0 aromatic heterocycles. The highest BCUT2D eigenvalue weighted by atomic mass is 32.2. The second-order valence-electron chi connectivity index (χ2n) is 5.86. The van der Waals surface area contributed by atoms with Gasteiger partial charge in [0.1, 0.15) is 5.49 Å². The van der Waals surface area contributed by atoms with Crippen molar-refractivity contribution in [2.24, 2.45) is 0 Å². The van der Waals surface area contributed by atoms with E-state index in [0.717, 1.165) is 0 Å². The van der Waals surface area contributed by atoms with Crippen LogP contribution in [0.4, 0.5) is 4.79 Å². The molecule has 2 aromatic rings. The molecule has 2 rings (SSSR count). The van der Waals surface area contributed by atoms with Crippen molar-refractivity contribution in [3.63, 3.8) is 0 Å². The first-order valence-electron chi connectivity index (χ1n) is 8.25. The number of hydrogen-bond donors (Lipinski definition) is 1. The molecular formula is C18H22NO5PS. The molecule has 26 heavy (non-hydrogen) atoms. The highest BCUT2D eigenvalue weighted by Crippen LogP contribution is 2.45. The quantitative estimate of drug-likeness (QED) is 0.694. The second-order valence-corrected chi connectivity index (χ2v) is 11.0. The molecular weight excluding hydrogens is 373 g/mol. The van der Waals surface area contributed by atoms with Crippen molar-refractivity contribution < 1.29 is 22.9 Å². The molecule has 0 aliphatic carbocycles. The number of nitrogens with zero attached hydrogens (tertiary/aromatic N) is 1. The number of carbonyl (C=O) groups is 1. The first kappa shape index (κ1) is 20.2. The van der Waals surface area contributed by atoms with Crippen LogP contribution in [0.15, 0.2) is 60.7 Å². The lowest BCUT2D eigenvalue weighted by Gasteiger charge is -2.24. The summed E-state index contributed by atoms with van der Waals surface area (Å²) in [4.78, 5) is 11.5. The number of amides is 1. The Morgan fingerprint density at radius 1 is 1.00 bits per heavy atom. The molecule has 0 spiro atoms. The van der Waals surface area contributed by atoms with Gasteiger partial charge in [0.15, 0.2) is 7.14 Å². The zero-order chi connectivity index (χ0) is 19.2. The van der Waals surface area contributed by atoms with Crippen LogP contribution in [0, 0.1) is 0 Å². The molecule has 0 bridgehead atoms. The van der Waals surface area contributed by atoms with Crippen LogP contribution in [0.25, 0.3) is 0 Å². The average Bonchev–Trinajstić information content (AvgIpc) is 2.62. The number of hydrogen-bond acceptors (Lipinski definition) is 4. The fourth-order valence-corrected chi connectivity index (χ4v) is 8.43. The van der Waals surface area contributed by atoms with Gasteiger partial charge in [0, 0.05) is 17.2 Å². The Morgan fingerprint density at radius 3 is 1.85 bits per heavy atom. The minimum atomic E-state index is -4.28. The van der Waals surface area contributed by atoms with Gasteiger partial charge in [0.25, 0.3) is 0 Å². The standard InChI is InChI=1S/C18H22NO5PS/c1-2-3-14-19(18(20)21)26(23,24)15-25(22,16-10-6-4-7-11-16)17-12-8-5-9-13-17/h4-13H,2-3,14-15H2,1H3,(H,20,21). The minimum absolute atomic E-state index is 0.141. The molecule has 0 radical (unpaired) electrons. The summed E-state index contributed by atoms with van der Waals surface area (Å²) in [5.74, 6) is 0. The predicted molar refractivity (Wildman–Crippen MR) is 103 cm³/mol. The fraction of sp³-hybridized carbons (Fsp3) is 0.278. The maximum absolute atomic E-state index is 13.8. The van der Waals surface area contributed by atoms with E-state index in [-0.39, 0.29) is 6.54 Å². The predicted octanol–water partition coefficient (Wildman–Crippen LogP) is 3.07. The van der Waals surface area contributed by atoms with Gasteiger partial charge in [-0.05, 0) is 6.42 Å².